The Bertz CT molecular complexity index is 457. The van der Waals surface area contributed by atoms with Crippen LogP contribution in [0.2, 0.25) is 0 Å². The van der Waals surface area contributed by atoms with Crippen molar-refractivity contribution in [1.29, 1.82) is 0 Å². The summed E-state index contributed by atoms with van der Waals surface area (Å²) < 4.78 is 35.9. The Hall–Kier alpha value is -1.56. The topological polar surface area (TPSA) is 41.1 Å². The maximum absolute atomic E-state index is 12.0. The number of nitrogens with one attached hydrogen (secondary N) is 2. The number of carbonyl (C=O) groups is 1. The van der Waals surface area contributed by atoms with Gasteiger partial charge in [0.1, 0.15) is 6.54 Å². The fourth-order valence-corrected chi connectivity index (χ4v) is 1.90. The molecule has 0 spiro atoms. The van der Waals surface area contributed by atoms with Crippen LogP contribution in [0.3, 0.4) is 0 Å². The van der Waals surface area contributed by atoms with Crippen LogP contribution in [0.15, 0.2) is 18.2 Å². The normalized spacial score (nSPS) is 15.1. The molecule has 0 unspecified atom stereocenters. The van der Waals surface area contributed by atoms with E-state index in [0.717, 1.165) is 24.1 Å². The molecule has 0 fully saturated rings. The van der Waals surface area contributed by atoms with Crippen molar-refractivity contribution in [2.24, 2.45) is 0 Å². The Morgan fingerprint density at radius 2 is 2.11 bits per heavy atom. The van der Waals surface area contributed by atoms with E-state index < -0.39 is 18.6 Å². The summed E-state index contributed by atoms with van der Waals surface area (Å²) in [5.41, 5.74) is 2.38. The summed E-state index contributed by atoms with van der Waals surface area (Å²) in [6, 6.07) is 5.02. The first-order valence-corrected chi connectivity index (χ1v) is 5.63. The zero-order chi connectivity index (χ0) is 13.2. The summed E-state index contributed by atoms with van der Waals surface area (Å²) in [5, 5.41) is 5.01. The van der Waals surface area contributed by atoms with E-state index in [4.69, 9.17) is 0 Å². The highest BCUT2D eigenvalue weighted by Crippen LogP contribution is 2.17. The molecule has 18 heavy (non-hydrogen) atoms. The molecule has 3 nitrogen and oxygen atoms in total. The predicted octanol–water partition coefficient (Wildman–Crippen LogP) is 1.62. The van der Waals surface area contributed by atoms with Crippen molar-refractivity contribution in [2.75, 3.05) is 13.1 Å². The summed E-state index contributed by atoms with van der Waals surface area (Å²) >= 11 is 0. The second kappa shape index (κ2) is 4.97. The van der Waals surface area contributed by atoms with Gasteiger partial charge in [0.2, 0.25) is 0 Å². The number of hydrogen-bond acceptors (Lipinski definition) is 2. The van der Waals surface area contributed by atoms with Gasteiger partial charge in [0, 0.05) is 12.1 Å². The highest BCUT2D eigenvalue weighted by Gasteiger charge is 2.28. The van der Waals surface area contributed by atoms with Crippen molar-refractivity contribution in [1.82, 2.24) is 10.6 Å². The second-order valence-electron chi connectivity index (χ2n) is 4.21. The van der Waals surface area contributed by atoms with Crippen molar-refractivity contribution in [3.63, 3.8) is 0 Å². The number of benzene rings is 1. The van der Waals surface area contributed by atoms with Gasteiger partial charge < -0.3 is 10.6 Å². The van der Waals surface area contributed by atoms with E-state index in [0.29, 0.717) is 6.54 Å². The molecule has 6 heteroatoms. The first-order chi connectivity index (χ1) is 8.46. The van der Waals surface area contributed by atoms with Crippen molar-refractivity contribution in [3.05, 3.63) is 34.9 Å². The molecule has 1 aliphatic heterocycles. The van der Waals surface area contributed by atoms with E-state index in [1.165, 1.54) is 0 Å². The zero-order valence-corrected chi connectivity index (χ0v) is 9.60. The molecule has 0 aromatic heterocycles. The standard InChI is InChI=1S/C12H13F3N2O/c13-12(14,15)7-17-11(18)9-2-1-8-3-4-16-6-10(8)5-9/h1-2,5,16H,3-4,6-7H2,(H,17,18). The van der Waals surface area contributed by atoms with Crippen LogP contribution < -0.4 is 10.6 Å². The molecule has 0 aliphatic carbocycles. The van der Waals surface area contributed by atoms with Gasteiger partial charge in [0.25, 0.3) is 5.91 Å². The number of rotatable bonds is 2. The maximum Gasteiger partial charge on any atom is 0.405 e. The molecular formula is C12H13F3N2O. The number of fused-ring (bicyclic) bond motifs is 1. The SMILES string of the molecule is O=C(NCC(F)(F)F)c1ccc2c(c1)CNCC2. The summed E-state index contributed by atoms with van der Waals surface area (Å²) in [6.45, 7) is 0.226. The van der Waals surface area contributed by atoms with Crippen molar-refractivity contribution >= 4 is 5.91 Å². The van der Waals surface area contributed by atoms with Crippen LogP contribution >= 0.6 is 0 Å². The quantitative estimate of drug-likeness (QED) is 0.846. The molecule has 0 saturated carbocycles. The van der Waals surface area contributed by atoms with E-state index in [2.05, 4.69) is 5.32 Å². The minimum absolute atomic E-state index is 0.265. The van der Waals surface area contributed by atoms with Gasteiger partial charge in [-0.05, 0) is 36.2 Å². The molecule has 2 rings (SSSR count). The largest absolute Gasteiger partial charge is 0.405 e. The number of amides is 1. The number of carbonyl (C=O) groups excluding carboxylic acids is 1. The van der Waals surface area contributed by atoms with Crippen molar-refractivity contribution in [2.45, 2.75) is 19.1 Å². The van der Waals surface area contributed by atoms with Gasteiger partial charge in [-0.15, -0.1) is 0 Å². The summed E-state index contributed by atoms with van der Waals surface area (Å²) in [5.74, 6) is -0.694. The first kappa shape index (κ1) is 12.9. The average Bonchev–Trinajstić information content (AvgIpc) is 2.34. The molecular weight excluding hydrogens is 245 g/mol. The number of halogens is 3. The third-order valence-electron chi connectivity index (χ3n) is 2.80. The molecule has 2 N–H and O–H groups in total. The molecule has 1 aliphatic rings. The minimum atomic E-state index is -4.38. The fraction of sp³-hybridized carbons (Fsp3) is 0.417. The average molecular weight is 258 g/mol. The summed E-state index contributed by atoms with van der Waals surface area (Å²) in [4.78, 5) is 11.5. The van der Waals surface area contributed by atoms with Crippen LogP contribution in [0, 0.1) is 0 Å². The summed E-state index contributed by atoms with van der Waals surface area (Å²) in [7, 11) is 0. The molecule has 98 valence electrons. The van der Waals surface area contributed by atoms with Crippen LogP contribution in [0.4, 0.5) is 13.2 Å². The Kier molecular flexibility index (Phi) is 3.56. The van der Waals surface area contributed by atoms with Crippen molar-refractivity contribution < 1.29 is 18.0 Å². The van der Waals surface area contributed by atoms with Crippen LogP contribution in [-0.4, -0.2) is 25.2 Å². The number of alkyl halides is 3. The van der Waals surface area contributed by atoms with E-state index in [-0.39, 0.29) is 5.56 Å². The van der Waals surface area contributed by atoms with Gasteiger partial charge in [0.15, 0.2) is 0 Å². The van der Waals surface area contributed by atoms with Crippen LogP contribution in [0.5, 0.6) is 0 Å². The van der Waals surface area contributed by atoms with Crippen molar-refractivity contribution in [3.8, 4) is 0 Å². The third-order valence-corrected chi connectivity index (χ3v) is 2.80. The van der Waals surface area contributed by atoms with Gasteiger partial charge in [-0.2, -0.15) is 13.2 Å². The highest BCUT2D eigenvalue weighted by atomic mass is 19.4. The molecule has 1 aromatic rings. The molecule has 0 saturated heterocycles. The third kappa shape index (κ3) is 3.22. The van der Waals surface area contributed by atoms with Gasteiger partial charge in [-0.1, -0.05) is 6.07 Å². The lowest BCUT2D eigenvalue weighted by Crippen LogP contribution is -2.34. The molecule has 1 heterocycles. The Morgan fingerprint density at radius 1 is 1.33 bits per heavy atom. The van der Waals surface area contributed by atoms with Crippen LogP contribution in [-0.2, 0) is 13.0 Å². The van der Waals surface area contributed by atoms with Gasteiger partial charge in [0.05, 0.1) is 0 Å². The van der Waals surface area contributed by atoms with E-state index in [1.54, 1.807) is 18.2 Å². The smallest absolute Gasteiger partial charge is 0.343 e. The monoisotopic (exact) mass is 258 g/mol. The van der Waals surface area contributed by atoms with Gasteiger partial charge in [-0.25, -0.2) is 0 Å². The zero-order valence-electron chi connectivity index (χ0n) is 9.60. The Balaban J connectivity index is 2.07. The van der Waals surface area contributed by atoms with Gasteiger partial charge in [-0.3, -0.25) is 4.79 Å². The first-order valence-electron chi connectivity index (χ1n) is 5.63. The Labute approximate surface area is 102 Å². The van der Waals surface area contributed by atoms with Crippen LogP contribution in [0.1, 0.15) is 21.5 Å². The lowest BCUT2D eigenvalue weighted by atomic mass is 9.98. The molecule has 0 atom stereocenters. The highest BCUT2D eigenvalue weighted by molar-refractivity contribution is 5.94. The predicted molar refractivity (Wildman–Crippen MR) is 60.2 cm³/mol. The Morgan fingerprint density at radius 3 is 2.83 bits per heavy atom. The summed E-state index contributed by atoms with van der Waals surface area (Å²) in [6.07, 6.45) is -3.51. The van der Waals surface area contributed by atoms with Gasteiger partial charge >= 0.3 is 6.18 Å². The second-order valence-corrected chi connectivity index (χ2v) is 4.21. The molecule has 0 radical (unpaired) electrons. The maximum atomic E-state index is 12.0. The number of hydrogen-bond donors (Lipinski definition) is 2. The molecule has 1 aromatic carbocycles. The van der Waals surface area contributed by atoms with E-state index in [1.807, 2.05) is 5.32 Å². The molecule has 0 bridgehead atoms. The molecule has 1 amide bonds. The fourth-order valence-electron chi connectivity index (χ4n) is 1.90. The van der Waals surface area contributed by atoms with E-state index in [9.17, 15) is 18.0 Å². The minimum Gasteiger partial charge on any atom is -0.343 e. The lowest BCUT2D eigenvalue weighted by Gasteiger charge is -2.17. The van der Waals surface area contributed by atoms with E-state index >= 15 is 0 Å². The lowest BCUT2D eigenvalue weighted by molar-refractivity contribution is -0.123. The van der Waals surface area contributed by atoms with Crippen LogP contribution in [0.25, 0.3) is 0 Å².